The lowest BCUT2D eigenvalue weighted by atomic mass is 10.1. The second-order valence-electron chi connectivity index (χ2n) is 9.78. The smallest absolute Gasteiger partial charge is 0.216 e. The minimum atomic E-state index is 0.803. The van der Waals surface area contributed by atoms with Crippen LogP contribution in [0.1, 0.15) is 0 Å². The predicted octanol–water partition coefficient (Wildman–Crippen LogP) is 9.37. The average molecular weight is 489 g/mol. The van der Waals surface area contributed by atoms with Crippen molar-refractivity contribution in [1.82, 2.24) is 9.13 Å². The van der Waals surface area contributed by atoms with Crippen LogP contribution in [0.3, 0.4) is 0 Å². The van der Waals surface area contributed by atoms with Crippen molar-refractivity contribution in [3.63, 3.8) is 0 Å². The van der Waals surface area contributed by atoms with Crippen molar-refractivity contribution in [2.75, 3.05) is 0 Å². The van der Waals surface area contributed by atoms with Crippen LogP contribution in [-0.2, 0) is 0 Å². The highest BCUT2D eigenvalue weighted by Crippen LogP contribution is 2.44. The molecule has 0 atom stereocenters. The number of fused-ring (bicyclic) bond motifs is 10. The van der Waals surface area contributed by atoms with Gasteiger partial charge in [-0.2, -0.15) is 0 Å². The first-order chi connectivity index (χ1) is 18.9. The number of hydrogen-bond acceptors (Lipinski definition) is 2. The zero-order valence-corrected chi connectivity index (χ0v) is 20.3. The molecular weight excluding hydrogens is 468 g/mol. The standard InChI is InChI=1S/C34H20N2O2/c1-2-10-21(11-3-1)35-27-15-7-4-12-23(27)26-20-22(18-19-28(26)35)36-33-31(24-13-5-8-16-29(24)37-33)32-25-14-6-9-17-30(25)38-34(32)36/h1-20H. The van der Waals surface area contributed by atoms with Crippen LogP contribution in [-0.4, -0.2) is 9.13 Å². The van der Waals surface area contributed by atoms with E-state index in [-0.39, 0.29) is 0 Å². The molecule has 0 bridgehead atoms. The maximum absolute atomic E-state index is 6.50. The Hall–Kier alpha value is -5.22. The lowest BCUT2D eigenvalue weighted by Gasteiger charge is -2.08. The molecule has 0 saturated heterocycles. The molecule has 0 aliphatic carbocycles. The van der Waals surface area contributed by atoms with Crippen molar-refractivity contribution in [2.24, 2.45) is 0 Å². The highest BCUT2D eigenvalue weighted by atomic mass is 16.4. The molecule has 0 radical (unpaired) electrons. The van der Waals surface area contributed by atoms with Crippen LogP contribution in [0, 0.1) is 0 Å². The Bertz CT molecular complexity index is 2260. The fourth-order valence-electron chi connectivity index (χ4n) is 6.15. The van der Waals surface area contributed by atoms with Gasteiger partial charge in [0.1, 0.15) is 11.2 Å². The highest BCUT2D eigenvalue weighted by Gasteiger charge is 2.25. The second-order valence-corrected chi connectivity index (χ2v) is 9.78. The van der Waals surface area contributed by atoms with Gasteiger partial charge in [-0.3, -0.25) is 0 Å². The van der Waals surface area contributed by atoms with E-state index >= 15 is 0 Å². The molecular formula is C34H20N2O2. The molecule has 178 valence electrons. The summed E-state index contributed by atoms with van der Waals surface area (Å²) < 4.78 is 17.5. The summed E-state index contributed by atoms with van der Waals surface area (Å²) in [6.07, 6.45) is 0. The Morgan fingerprint density at radius 1 is 0.395 bits per heavy atom. The summed E-state index contributed by atoms with van der Waals surface area (Å²) in [5.41, 5.74) is 7.85. The molecule has 0 saturated carbocycles. The number of benzene rings is 5. The van der Waals surface area contributed by atoms with Gasteiger partial charge in [0.25, 0.3) is 0 Å². The summed E-state index contributed by atoms with van der Waals surface area (Å²) in [5.74, 6) is 0. The molecule has 0 unspecified atom stereocenters. The Labute approximate surface area is 216 Å². The van der Waals surface area contributed by atoms with Crippen LogP contribution in [0.5, 0.6) is 0 Å². The zero-order valence-electron chi connectivity index (χ0n) is 20.3. The first-order valence-electron chi connectivity index (χ1n) is 12.8. The Kier molecular flexibility index (Phi) is 3.76. The highest BCUT2D eigenvalue weighted by molar-refractivity contribution is 6.26. The van der Waals surface area contributed by atoms with Crippen molar-refractivity contribution in [3.05, 3.63) is 121 Å². The van der Waals surface area contributed by atoms with Gasteiger partial charge in [-0.1, -0.05) is 72.8 Å². The van der Waals surface area contributed by atoms with Crippen LogP contribution in [0.15, 0.2) is 130 Å². The molecule has 9 aromatic rings. The first-order valence-corrected chi connectivity index (χ1v) is 12.8. The van der Waals surface area contributed by atoms with E-state index in [1.54, 1.807) is 0 Å². The maximum Gasteiger partial charge on any atom is 0.216 e. The monoisotopic (exact) mass is 488 g/mol. The number of aromatic nitrogens is 2. The molecule has 0 N–H and O–H groups in total. The van der Waals surface area contributed by atoms with Gasteiger partial charge in [0.15, 0.2) is 0 Å². The van der Waals surface area contributed by atoms with E-state index in [9.17, 15) is 0 Å². The Morgan fingerprint density at radius 3 is 1.63 bits per heavy atom. The van der Waals surface area contributed by atoms with Gasteiger partial charge in [0.05, 0.1) is 27.5 Å². The SMILES string of the molecule is c1ccc(-n2c3ccccc3c3cc(-n4c5oc6ccccc6c5c5c6ccccc6oc54)ccc32)cc1. The third-order valence-corrected chi connectivity index (χ3v) is 7.74. The predicted molar refractivity (Wildman–Crippen MR) is 155 cm³/mol. The lowest BCUT2D eigenvalue weighted by Crippen LogP contribution is -1.95. The van der Waals surface area contributed by atoms with Crippen molar-refractivity contribution in [1.29, 1.82) is 0 Å². The van der Waals surface area contributed by atoms with Gasteiger partial charge in [-0.25, -0.2) is 4.57 Å². The molecule has 4 heterocycles. The Balaban J connectivity index is 1.43. The third kappa shape index (κ3) is 2.49. The van der Waals surface area contributed by atoms with Gasteiger partial charge in [0.2, 0.25) is 11.4 Å². The van der Waals surface area contributed by atoms with Gasteiger partial charge >= 0.3 is 0 Å². The van der Waals surface area contributed by atoms with E-state index in [1.807, 2.05) is 24.3 Å². The van der Waals surface area contributed by atoms with E-state index in [1.165, 1.54) is 16.3 Å². The fourth-order valence-corrected chi connectivity index (χ4v) is 6.15. The molecule has 0 spiro atoms. The maximum atomic E-state index is 6.50. The molecule has 4 heteroatoms. The first kappa shape index (κ1) is 19.9. The van der Waals surface area contributed by atoms with Crippen molar-refractivity contribution in [2.45, 2.75) is 0 Å². The van der Waals surface area contributed by atoms with Gasteiger partial charge in [0, 0.05) is 27.2 Å². The third-order valence-electron chi connectivity index (χ3n) is 7.74. The molecule has 0 amide bonds. The van der Waals surface area contributed by atoms with E-state index < -0.39 is 0 Å². The molecule has 0 fully saturated rings. The van der Waals surface area contributed by atoms with Crippen molar-refractivity contribution in [3.8, 4) is 11.4 Å². The van der Waals surface area contributed by atoms with Crippen molar-refractivity contribution >= 4 is 65.9 Å². The summed E-state index contributed by atoms with van der Waals surface area (Å²) >= 11 is 0. The van der Waals surface area contributed by atoms with Gasteiger partial charge in [-0.05, 0) is 48.5 Å². The number of furan rings is 2. The van der Waals surface area contributed by atoms with E-state index in [2.05, 4.69) is 106 Å². The molecule has 5 aromatic carbocycles. The van der Waals surface area contributed by atoms with Gasteiger partial charge < -0.3 is 13.4 Å². The summed E-state index contributed by atoms with van der Waals surface area (Å²) in [6.45, 7) is 0. The normalized spacial score (nSPS) is 12.2. The average Bonchev–Trinajstić information content (AvgIpc) is 3.69. The lowest BCUT2D eigenvalue weighted by molar-refractivity contribution is 0.615. The second kappa shape index (κ2) is 7.17. The molecule has 38 heavy (non-hydrogen) atoms. The van der Waals surface area contributed by atoms with Crippen LogP contribution < -0.4 is 0 Å². The van der Waals surface area contributed by atoms with Crippen LogP contribution >= 0.6 is 0 Å². The molecule has 0 aliphatic heterocycles. The zero-order chi connectivity index (χ0) is 24.8. The summed E-state index contributed by atoms with van der Waals surface area (Å²) in [5, 5.41) is 6.77. The molecule has 0 aliphatic rings. The van der Waals surface area contributed by atoms with E-state index in [4.69, 9.17) is 8.83 Å². The number of para-hydroxylation sites is 4. The number of rotatable bonds is 2. The Morgan fingerprint density at radius 2 is 0.947 bits per heavy atom. The molecule has 4 nitrogen and oxygen atoms in total. The molecule has 9 rings (SSSR count). The minimum Gasteiger partial charge on any atom is -0.439 e. The quantitative estimate of drug-likeness (QED) is 0.243. The molecule has 4 aromatic heterocycles. The van der Waals surface area contributed by atoms with Crippen LogP contribution in [0.2, 0.25) is 0 Å². The number of hydrogen-bond donors (Lipinski definition) is 0. The van der Waals surface area contributed by atoms with Crippen LogP contribution in [0.25, 0.3) is 77.3 Å². The fraction of sp³-hybridized carbons (Fsp3) is 0. The number of nitrogens with zero attached hydrogens (tertiary/aromatic N) is 2. The van der Waals surface area contributed by atoms with Crippen molar-refractivity contribution < 1.29 is 8.83 Å². The summed E-state index contributed by atoms with van der Waals surface area (Å²) in [6, 6.07) is 42.2. The minimum absolute atomic E-state index is 0.803. The topological polar surface area (TPSA) is 36.1 Å². The summed E-state index contributed by atoms with van der Waals surface area (Å²) in [7, 11) is 0. The van der Waals surface area contributed by atoms with Gasteiger partial charge in [-0.15, -0.1) is 0 Å². The van der Waals surface area contributed by atoms with E-state index in [0.717, 1.165) is 61.0 Å². The van der Waals surface area contributed by atoms with Crippen LogP contribution in [0.4, 0.5) is 0 Å². The van der Waals surface area contributed by atoms with E-state index in [0.29, 0.717) is 0 Å². The largest absolute Gasteiger partial charge is 0.439 e. The summed E-state index contributed by atoms with van der Waals surface area (Å²) in [4.78, 5) is 0.